The van der Waals surface area contributed by atoms with Crippen LogP contribution in [0.4, 0.5) is 16.3 Å². The molecule has 2 amide bonds. The van der Waals surface area contributed by atoms with E-state index in [1.165, 1.54) is 19.3 Å². The Hall–Kier alpha value is -1.82. The Morgan fingerprint density at radius 1 is 1.24 bits per heavy atom. The highest BCUT2D eigenvalue weighted by Crippen LogP contribution is 2.31. The number of urea groups is 1. The molecule has 1 aromatic heterocycles. The van der Waals surface area contributed by atoms with Gasteiger partial charge in [-0.15, -0.1) is 0 Å². The molecule has 1 N–H and O–H groups in total. The lowest BCUT2D eigenvalue weighted by Crippen LogP contribution is -2.52. The number of nitrogens with zero attached hydrogens (tertiary/aromatic N) is 3. The van der Waals surface area contributed by atoms with Crippen molar-refractivity contribution in [1.82, 2.24) is 9.88 Å². The van der Waals surface area contributed by atoms with Gasteiger partial charge < -0.3 is 19.9 Å². The number of methoxy groups -OCH3 is 1. The minimum absolute atomic E-state index is 0.0410. The van der Waals surface area contributed by atoms with Crippen LogP contribution in [-0.4, -0.2) is 55.3 Å². The van der Waals surface area contributed by atoms with Gasteiger partial charge in [0.05, 0.1) is 18.0 Å². The molecule has 6 heteroatoms. The third-order valence-electron chi connectivity index (χ3n) is 5.38. The van der Waals surface area contributed by atoms with Gasteiger partial charge in [0, 0.05) is 38.7 Å². The van der Waals surface area contributed by atoms with E-state index in [9.17, 15) is 4.79 Å². The molecule has 1 unspecified atom stereocenters. The number of likely N-dealkylation sites (tertiary alicyclic amines) is 1. The van der Waals surface area contributed by atoms with Crippen LogP contribution in [0.2, 0.25) is 0 Å². The average Bonchev–Trinajstić information content (AvgIpc) is 2.62. The van der Waals surface area contributed by atoms with E-state index in [2.05, 4.69) is 29.0 Å². The number of carbonyl (C=O) groups is 1. The highest BCUT2D eigenvalue weighted by molar-refractivity contribution is 5.89. The first-order valence-corrected chi connectivity index (χ1v) is 9.29. The Morgan fingerprint density at radius 3 is 2.60 bits per heavy atom. The zero-order valence-electron chi connectivity index (χ0n) is 15.6. The maximum atomic E-state index is 12.6. The van der Waals surface area contributed by atoms with Crippen LogP contribution in [-0.2, 0) is 4.74 Å². The third kappa shape index (κ3) is 4.24. The molecule has 1 aromatic rings. The number of aromatic nitrogens is 1. The Morgan fingerprint density at radius 2 is 2.00 bits per heavy atom. The summed E-state index contributed by atoms with van der Waals surface area (Å²) in [5, 5.41) is 2.98. The molecule has 138 valence electrons. The van der Waals surface area contributed by atoms with Crippen molar-refractivity contribution >= 4 is 17.5 Å². The molecule has 0 aromatic carbocycles. The van der Waals surface area contributed by atoms with Crippen LogP contribution in [0.3, 0.4) is 0 Å². The van der Waals surface area contributed by atoms with E-state index in [0.717, 1.165) is 31.0 Å². The topological polar surface area (TPSA) is 57.7 Å². The van der Waals surface area contributed by atoms with Crippen molar-refractivity contribution in [1.29, 1.82) is 0 Å². The number of amides is 2. The largest absolute Gasteiger partial charge is 0.381 e. The van der Waals surface area contributed by atoms with Crippen molar-refractivity contribution in [2.75, 3.05) is 43.5 Å². The van der Waals surface area contributed by atoms with Gasteiger partial charge in [-0.3, -0.25) is 0 Å². The number of rotatable bonds is 3. The third-order valence-corrected chi connectivity index (χ3v) is 5.38. The molecular weight excluding hydrogens is 316 g/mol. The second-order valence-corrected chi connectivity index (χ2v) is 7.81. The van der Waals surface area contributed by atoms with Crippen LogP contribution in [0.5, 0.6) is 0 Å². The van der Waals surface area contributed by atoms with E-state index in [1.54, 1.807) is 13.3 Å². The van der Waals surface area contributed by atoms with Crippen LogP contribution >= 0.6 is 0 Å². The van der Waals surface area contributed by atoms with Crippen molar-refractivity contribution in [3.05, 3.63) is 18.3 Å². The molecular formula is C19H30N4O2. The number of piperidine rings is 2. The molecule has 2 fully saturated rings. The van der Waals surface area contributed by atoms with E-state index in [1.807, 2.05) is 17.0 Å². The van der Waals surface area contributed by atoms with Gasteiger partial charge in [0.25, 0.3) is 0 Å². The highest BCUT2D eigenvalue weighted by atomic mass is 16.5. The molecule has 25 heavy (non-hydrogen) atoms. The molecule has 2 saturated heterocycles. The molecule has 0 bridgehead atoms. The summed E-state index contributed by atoms with van der Waals surface area (Å²) in [6.45, 7) is 7.85. The van der Waals surface area contributed by atoms with Crippen molar-refractivity contribution in [2.24, 2.45) is 5.41 Å². The van der Waals surface area contributed by atoms with Gasteiger partial charge in [-0.1, -0.05) is 13.8 Å². The zero-order chi connectivity index (χ0) is 17.9. The van der Waals surface area contributed by atoms with Gasteiger partial charge in [0.2, 0.25) is 0 Å². The van der Waals surface area contributed by atoms with Crippen LogP contribution < -0.4 is 10.2 Å². The highest BCUT2D eigenvalue weighted by Gasteiger charge is 2.37. The molecule has 0 saturated carbocycles. The number of nitrogens with one attached hydrogen (secondary N) is 1. The summed E-state index contributed by atoms with van der Waals surface area (Å²) in [5.74, 6) is 1.000. The molecule has 0 aliphatic carbocycles. The van der Waals surface area contributed by atoms with Crippen LogP contribution in [0.25, 0.3) is 0 Å². The van der Waals surface area contributed by atoms with Gasteiger partial charge in [0.1, 0.15) is 5.82 Å². The number of hydrogen-bond donors (Lipinski definition) is 1. The summed E-state index contributed by atoms with van der Waals surface area (Å²) in [5.41, 5.74) is 0.707. The van der Waals surface area contributed by atoms with E-state index >= 15 is 0 Å². The molecule has 0 spiro atoms. The fraction of sp³-hybridized carbons (Fsp3) is 0.684. The van der Waals surface area contributed by atoms with Gasteiger partial charge in [0.15, 0.2) is 0 Å². The quantitative estimate of drug-likeness (QED) is 0.912. The normalized spacial score (nSPS) is 23.4. The van der Waals surface area contributed by atoms with Crippen molar-refractivity contribution in [3.63, 3.8) is 0 Å². The first kappa shape index (κ1) is 18.0. The fourth-order valence-corrected chi connectivity index (χ4v) is 3.92. The Labute approximate surface area is 150 Å². The molecule has 2 aliphatic rings. The molecule has 3 rings (SSSR count). The number of anilines is 2. The predicted molar refractivity (Wildman–Crippen MR) is 100 cm³/mol. The van der Waals surface area contributed by atoms with Crippen molar-refractivity contribution in [3.8, 4) is 0 Å². The zero-order valence-corrected chi connectivity index (χ0v) is 15.6. The fourth-order valence-electron chi connectivity index (χ4n) is 3.92. The van der Waals surface area contributed by atoms with E-state index < -0.39 is 0 Å². The smallest absolute Gasteiger partial charge is 0.321 e. The summed E-state index contributed by atoms with van der Waals surface area (Å²) in [6.07, 6.45) is 6.58. The van der Waals surface area contributed by atoms with E-state index in [4.69, 9.17) is 4.74 Å². The first-order chi connectivity index (χ1) is 12.0. The standard InChI is InChI=1S/C19H30N4O2/c1-19(2)14-23(12-9-16(19)25-3)18(24)21-15-7-8-17(20-13-15)22-10-5-4-6-11-22/h7-8,13,16H,4-6,9-12,14H2,1-3H3,(H,21,24). The van der Waals surface area contributed by atoms with Gasteiger partial charge >= 0.3 is 6.03 Å². The molecule has 2 aliphatic heterocycles. The molecule has 3 heterocycles. The van der Waals surface area contributed by atoms with E-state index in [0.29, 0.717) is 13.1 Å². The SMILES string of the molecule is COC1CCN(C(=O)Nc2ccc(N3CCCCC3)nc2)CC1(C)C. The lowest BCUT2D eigenvalue weighted by molar-refractivity contribution is -0.0394. The molecule has 1 atom stereocenters. The number of carbonyl (C=O) groups excluding carboxylic acids is 1. The second kappa shape index (κ2) is 7.60. The average molecular weight is 346 g/mol. The summed E-state index contributed by atoms with van der Waals surface area (Å²) in [7, 11) is 1.75. The van der Waals surface area contributed by atoms with Crippen LogP contribution in [0.15, 0.2) is 18.3 Å². The Bertz CT molecular complexity index is 582. The maximum absolute atomic E-state index is 12.6. The van der Waals surface area contributed by atoms with Crippen LogP contribution in [0, 0.1) is 5.41 Å². The predicted octanol–water partition coefficient (Wildman–Crippen LogP) is 3.35. The molecule has 6 nitrogen and oxygen atoms in total. The van der Waals surface area contributed by atoms with Gasteiger partial charge in [-0.05, 0) is 37.8 Å². The number of hydrogen-bond acceptors (Lipinski definition) is 4. The minimum Gasteiger partial charge on any atom is -0.381 e. The number of pyridine rings is 1. The van der Waals surface area contributed by atoms with Gasteiger partial charge in [-0.2, -0.15) is 0 Å². The maximum Gasteiger partial charge on any atom is 0.321 e. The summed E-state index contributed by atoms with van der Waals surface area (Å²) < 4.78 is 5.55. The lowest BCUT2D eigenvalue weighted by atomic mass is 9.81. The lowest BCUT2D eigenvalue weighted by Gasteiger charge is -2.43. The molecule has 0 radical (unpaired) electrons. The van der Waals surface area contributed by atoms with Gasteiger partial charge in [-0.25, -0.2) is 9.78 Å². The Balaban J connectivity index is 1.57. The van der Waals surface area contributed by atoms with Crippen molar-refractivity contribution in [2.45, 2.75) is 45.6 Å². The first-order valence-electron chi connectivity index (χ1n) is 9.29. The summed E-state index contributed by atoms with van der Waals surface area (Å²) in [4.78, 5) is 21.3. The summed E-state index contributed by atoms with van der Waals surface area (Å²) in [6, 6.07) is 3.89. The second-order valence-electron chi connectivity index (χ2n) is 7.81. The summed E-state index contributed by atoms with van der Waals surface area (Å²) >= 11 is 0. The number of ether oxygens (including phenoxy) is 1. The van der Waals surface area contributed by atoms with Crippen LogP contribution in [0.1, 0.15) is 39.5 Å². The Kier molecular flexibility index (Phi) is 5.47. The van der Waals surface area contributed by atoms with E-state index in [-0.39, 0.29) is 17.6 Å². The van der Waals surface area contributed by atoms with Crippen molar-refractivity contribution < 1.29 is 9.53 Å². The monoisotopic (exact) mass is 346 g/mol. The minimum atomic E-state index is -0.0600.